The van der Waals surface area contributed by atoms with Crippen molar-refractivity contribution in [1.82, 2.24) is 0 Å². The maximum absolute atomic E-state index is 12.8. The summed E-state index contributed by atoms with van der Waals surface area (Å²) in [7, 11) is 0. The van der Waals surface area contributed by atoms with Crippen molar-refractivity contribution in [3.63, 3.8) is 0 Å². The molecule has 0 aliphatic heterocycles. The molecule has 0 bridgehead atoms. The molecule has 6 nitrogen and oxygen atoms in total. The average molecular weight is 863 g/mol. The van der Waals surface area contributed by atoms with Crippen molar-refractivity contribution in [1.29, 1.82) is 0 Å². The number of unbranched alkanes of at least 4 members (excludes halogenated alkanes) is 20. The molecule has 0 saturated heterocycles. The topological polar surface area (TPSA) is 78.9 Å². The van der Waals surface area contributed by atoms with Crippen LogP contribution in [-0.4, -0.2) is 37.2 Å². The van der Waals surface area contributed by atoms with Gasteiger partial charge in [-0.15, -0.1) is 0 Å². The highest BCUT2D eigenvalue weighted by atomic mass is 16.6. The third kappa shape index (κ3) is 47.6. The van der Waals surface area contributed by atoms with Gasteiger partial charge in [-0.1, -0.05) is 189 Å². The summed E-state index contributed by atoms with van der Waals surface area (Å²) in [4.78, 5) is 37.9. The summed E-state index contributed by atoms with van der Waals surface area (Å²) in [5.41, 5.74) is 0. The summed E-state index contributed by atoms with van der Waals surface area (Å²) in [5, 5.41) is 0. The first-order valence-corrected chi connectivity index (χ1v) is 25.6. The minimum Gasteiger partial charge on any atom is -0.462 e. The molecule has 0 aromatic heterocycles. The Balaban J connectivity index is 4.49. The summed E-state index contributed by atoms with van der Waals surface area (Å²) < 4.78 is 16.7. The highest BCUT2D eigenvalue weighted by Gasteiger charge is 2.19. The van der Waals surface area contributed by atoms with Crippen molar-refractivity contribution in [3.8, 4) is 0 Å². The molecule has 354 valence electrons. The smallest absolute Gasteiger partial charge is 0.306 e. The van der Waals surface area contributed by atoms with Gasteiger partial charge < -0.3 is 14.2 Å². The van der Waals surface area contributed by atoms with Gasteiger partial charge in [0.15, 0.2) is 6.10 Å². The molecule has 0 fully saturated rings. The van der Waals surface area contributed by atoms with Crippen LogP contribution in [0.2, 0.25) is 0 Å². The summed E-state index contributed by atoms with van der Waals surface area (Å²) in [6.07, 6.45) is 64.2. The number of allylic oxidation sites excluding steroid dienone is 14. The van der Waals surface area contributed by atoms with Gasteiger partial charge in [0.25, 0.3) is 0 Å². The molecule has 0 rings (SSSR count). The summed E-state index contributed by atoms with van der Waals surface area (Å²) in [6.45, 7) is 6.41. The fourth-order valence-electron chi connectivity index (χ4n) is 6.74. The Kier molecular flexibility index (Phi) is 47.5. The van der Waals surface area contributed by atoms with Crippen LogP contribution in [0.4, 0.5) is 0 Å². The fourth-order valence-corrected chi connectivity index (χ4v) is 6.74. The van der Waals surface area contributed by atoms with E-state index in [2.05, 4.69) is 106 Å². The minimum absolute atomic E-state index is 0.101. The van der Waals surface area contributed by atoms with Gasteiger partial charge in [0.1, 0.15) is 13.2 Å². The summed E-state index contributed by atoms with van der Waals surface area (Å²) in [6, 6.07) is 0. The Hall–Kier alpha value is -3.41. The Bertz CT molecular complexity index is 1220. The number of hydrogen-bond donors (Lipinski definition) is 0. The SMILES string of the molecule is CC/C=C\C/C=C\C/C=C\C/C=C\CCCCC(=O)OC[C@@H](COC(=O)CCCCCCC/C=C\C/C=C\CCCC)OC(=O)CCCCCCC/C=C\CCCCCCCC. The molecule has 0 aromatic rings. The normalized spacial score (nSPS) is 12.8. The van der Waals surface area contributed by atoms with Crippen molar-refractivity contribution in [2.24, 2.45) is 0 Å². The molecule has 0 heterocycles. The van der Waals surface area contributed by atoms with E-state index in [0.29, 0.717) is 19.3 Å². The van der Waals surface area contributed by atoms with Gasteiger partial charge in [0.2, 0.25) is 0 Å². The molecular weight excluding hydrogens is 769 g/mol. The van der Waals surface area contributed by atoms with Crippen LogP contribution in [0.25, 0.3) is 0 Å². The van der Waals surface area contributed by atoms with Crippen molar-refractivity contribution in [3.05, 3.63) is 85.1 Å². The lowest BCUT2D eigenvalue weighted by molar-refractivity contribution is -0.167. The molecule has 0 aliphatic carbocycles. The van der Waals surface area contributed by atoms with Crippen LogP contribution >= 0.6 is 0 Å². The van der Waals surface area contributed by atoms with E-state index in [0.717, 1.165) is 122 Å². The first-order valence-electron chi connectivity index (χ1n) is 25.6. The predicted molar refractivity (Wildman–Crippen MR) is 265 cm³/mol. The van der Waals surface area contributed by atoms with Crippen LogP contribution < -0.4 is 0 Å². The highest BCUT2D eigenvalue weighted by Crippen LogP contribution is 2.13. The molecule has 62 heavy (non-hydrogen) atoms. The van der Waals surface area contributed by atoms with Gasteiger partial charge >= 0.3 is 17.9 Å². The Labute approximate surface area is 382 Å². The van der Waals surface area contributed by atoms with Gasteiger partial charge in [-0.3, -0.25) is 14.4 Å². The molecule has 6 heteroatoms. The Morgan fingerprint density at radius 2 is 0.645 bits per heavy atom. The van der Waals surface area contributed by atoms with E-state index in [1.165, 1.54) is 70.6 Å². The van der Waals surface area contributed by atoms with Crippen molar-refractivity contribution < 1.29 is 28.6 Å². The van der Waals surface area contributed by atoms with E-state index in [4.69, 9.17) is 14.2 Å². The molecular formula is C56H94O6. The monoisotopic (exact) mass is 863 g/mol. The molecule has 0 saturated carbocycles. The molecule has 0 aliphatic rings. The lowest BCUT2D eigenvalue weighted by atomic mass is 10.1. The van der Waals surface area contributed by atoms with E-state index in [1.54, 1.807) is 0 Å². The number of esters is 3. The van der Waals surface area contributed by atoms with Crippen LogP contribution in [0.1, 0.15) is 233 Å². The quantitative estimate of drug-likeness (QED) is 0.0263. The summed E-state index contributed by atoms with van der Waals surface area (Å²) in [5.74, 6) is -0.967. The van der Waals surface area contributed by atoms with Crippen LogP contribution in [0.3, 0.4) is 0 Å². The van der Waals surface area contributed by atoms with E-state index in [9.17, 15) is 14.4 Å². The molecule has 0 spiro atoms. The third-order valence-corrected chi connectivity index (χ3v) is 10.6. The number of hydrogen-bond acceptors (Lipinski definition) is 6. The van der Waals surface area contributed by atoms with Crippen molar-refractivity contribution in [2.45, 2.75) is 239 Å². The Morgan fingerprint density at radius 3 is 1.08 bits per heavy atom. The molecule has 0 unspecified atom stereocenters. The molecule has 0 amide bonds. The summed E-state index contributed by atoms with van der Waals surface area (Å²) >= 11 is 0. The van der Waals surface area contributed by atoms with Crippen LogP contribution in [-0.2, 0) is 28.6 Å². The second-order valence-electron chi connectivity index (χ2n) is 16.7. The highest BCUT2D eigenvalue weighted by molar-refractivity contribution is 5.71. The van der Waals surface area contributed by atoms with E-state index < -0.39 is 6.10 Å². The third-order valence-electron chi connectivity index (χ3n) is 10.6. The van der Waals surface area contributed by atoms with E-state index in [1.807, 2.05) is 0 Å². The van der Waals surface area contributed by atoms with Crippen LogP contribution in [0.15, 0.2) is 85.1 Å². The van der Waals surface area contributed by atoms with E-state index in [-0.39, 0.29) is 31.1 Å². The fraction of sp³-hybridized carbons (Fsp3) is 0.696. The molecule has 1 atom stereocenters. The predicted octanol–water partition coefficient (Wildman–Crippen LogP) is 16.8. The largest absolute Gasteiger partial charge is 0.462 e. The van der Waals surface area contributed by atoms with E-state index >= 15 is 0 Å². The van der Waals surface area contributed by atoms with Gasteiger partial charge in [-0.2, -0.15) is 0 Å². The number of carbonyl (C=O) groups is 3. The first-order chi connectivity index (χ1) is 30.5. The molecule has 0 N–H and O–H groups in total. The average Bonchev–Trinajstić information content (AvgIpc) is 3.27. The van der Waals surface area contributed by atoms with Gasteiger partial charge in [-0.05, 0) is 109 Å². The lowest BCUT2D eigenvalue weighted by Crippen LogP contribution is -2.30. The number of rotatable bonds is 45. The van der Waals surface area contributed by atoms with Gasteiger partial charge in [-0.25, -0.2) is 0 Å². The zero-order valence-corrected chi connectivity index (χ0v) is 40.4. The molecule has 0 radical (unpaired) electrons. The minimum atomic E-state index is -0.803. The van der Waals surface area contributed by atoms with Crippen LogP contribution in [0, 0.1) is 0 Å². The standard InChI is InChI=1S/C56H94O6/c1-4-7-10-13-16-19-22-25-28-31-34-37-40-43-46-49-55(58)61-52-53(51-60-54(57)48-45-42-39-36-33-30-27-24-21-18-15-12-9-6-3)62-56(59)50-47-44-41-38-35-32-29-26-23-20-17-14-11-8-5-2/h7,10,15-16,18-19,24-29,34,37,53H,4-6,8-9,11-14,17,20-23,30-33,35-36,38-52H2,1-3H3/b10-7-,18-15-,19-16-,27-24-,28-25-,29-26-,37-34-/t53-/m1/s1. The maximum atomic E-state index is 12.8. The number of carbonyl (C=O) groups excluding carboxylic acids is 3. The van der Waals surface area contributed by atoms with Crippen molar-refractivity contribution >= 4 is 17.9 Å². The number of ether oxygens (including phenoxy) is 3. The van der Waals surface area contributed by atoms with Gasteiger partial charge in [0, 0.05) is 19.3 Å². The first kappa shape index (κ1) is 58.6. The van der Waals surface area contributed by atoms with Gasteiger partial charge in [0.05, 0.1) is 0 Å². The Morgan fingerprint density at radius 1 is 0.339 bits per heavy atom. The van der Waals surface area contributed by atoms with Crippen LogP contribution in [0.5, 0.6) is 0 Å². The second kappa shape index (κ2) is 50.2. The lowest BCUT2D eigenvalue weighted by Gasteiger charge is -2.18. The van der Waals surface area contributed by atoms with Crippen molar-refractivity contribution in [2.75, 3.05) is 13.2 Å². The zero-order chi connectivity index (χ0) is 45.1. The maximum Gasteiger partial charge on any atom is 0.306 e. The zero-order valence-electron chi connectivity index (χ0n) is 40.4. The molecule has 0 aromatic carbocycles. The second-order valence-corrected chi connectivity index (χ2v) is 16.7.